The van der Waals surface area contributed by atoms with Crippen LogP contribution in [0.5, 0.6) is 0 Å². The van der Waals surface area contributed by atoms with Crippen LogP contribution in [0.3, 0.4) is 0 Å². The van der Waals surface area contributed by atoms with Crippen LogP contribution in [0.4, 0.5) is 0 Å². The van der Waals surface area contributed by atoms with Gasteiger partial charge in [-0.05, 0) is 44.2 Å². The van der Waals surface area contributed by atoms with Gasteiger partial charge in [0, 0.05) is 88.5 Å². The second-order valence-corrected chi connectivity index (χ2v) is 9.97. The molecule has 7 heteroatoms. The molecule has 2 fully saturated rings. The maximum absolute atomic E-state index is 13.3. The van der Waals surface area contributed by atoms with Crippen molar-refractivity contribution in [3.8, 4) is 0 Å². The first kappa shape index (κ1) is 20.9. The summed E-state index contributed by atoms with van der Waals surface area (Å²) in [5.74, 6) is 1.69. The van der Waals surface area contributed by atoms with E-state index in [1.807, 2.05) is 17.9 Å². The Hall–Kier alpha value is -1.96. The molecule has 168 valence electrons. The Morgan fingerprint density at radius 2 is 2.03 bits per heavy atom. The highest BCUT2D eigenvalue weighted by molar-refractivity contribution is 5.22. The summed E-state index contributed by atoms with van der Waals surface area (Å²) in [6.45, 7) is 7.41. The van der Waals surface area contributed by atoms with Crippen LogP contribution >= 0.6 is 0 Å². The summed E-state index contributed by atoms with van der Waals surface area (Å²) in [7, 11) is 4.11. The molecule has 3 aliphatic heterocycles. The van der Waals surface area contributed by atoms with Gasteiger partial charge < -0.3 is 14.2 Å². The maximum atomic E-state index is 13.3. The van der Waals surface area contributed by atoms with Gasteiger partial charge in [0.25, 0.3) is 5.56 Å². The zero-order valence-corrected chi connectivity index (χ0v) is 18.9. The predicted molar refractivity (Wildman–Crippen MR) is 120 cm³/mol. The Bertz CT molecular complexity index is 961. The molecule has 3 aliphatic rings. The maximum Gasteiger partial charge on any atom is 0.255 e. The first-order chi connectivity index (χ1) is 15.0. The van der Waals surface area contributed by atoms with Gasteiger partial charge in [0.15, 0.2) is 0 Å². The number of likely N-dealkylation sites (tertiary alicyclic amines) is 1. The van der Waals surface area contributed by atoms with Crippen molar-refractivity contribution in [1.82, 2.24) is 24.1 Å². The molecule has 7 nitrogen and oxygen atoms in total. The Kier molecular flexibility index (Phi) is 5.99. The van der Waals surface area contributed by atoms with Crippen LogP contribution in [0.25, 0.3) is 0 Å². The molecule has 5 rings (SSSR count). The van der Waals surface area contributed by atoms with Crippen LogP contribution in [0.15, 0.2) is 29.3 Å². The number of rotatable bonds is 6. The van der Waals surface area contributed by atoms with Gasteiger partial charge in [-0.1, -0.05) is 6.07 Å². The number of nitrogens with zero attached hydrogens (tertiary/aromatic N) is 5. The molecule has 2 bridgehead atoms. The molecule has 0 radical (unpaired) electrons. The average Bonchev–Trinajstić information content (AvgIpc) is 3.15. The van der Waals surface area contributed by atoms with Crippen LogP contribution in [0, 0.1) is 11.8 Å². The lowest BCUT2D eigenvalue weighted by molar-refractivity contribution is 0.0549. The lowest BCUT2D eigenvalue weighted by Gasteiger charge is -2.43. The summed E-state index contributed by atoms with van der Waals surface area (Å²) < 4.78 is 9.45. The summed E-state index contributed by atoms with van der Waals surface area (Å²) in [4.78, 5) is 18.2. The van der Waals surface area contributed by atoms with E-state index in [0.717, 1.165) is 70.9 Å². The van der Waals surface area contributed by atoms with Crippen molar-refractivity contribution in [3.05, 3.63) is 51.7 Å². The second kappa shape index (κ2) is 8.88. The number of pyridine rings is 1. The monoisotopic (exact) mass is 425 g/mol. The zero-order valence-electron chi connectivity index (χ0n) is 18.9. The molecule has 2 saturated heterocycles. The van der Waals surface area contributed by atoms with Gasteiger partial charge >= 0.3 is 0 Å². The van der Waals surface area contributed by atoms with Gasteiger partial charge in [0.2, 0.25) is 0 Å². The highest BCUT2D eigenvalue weighted by Gasteiger charge is 2.35. The SMILES string of the molecule is CN(Cc1ccc2n(c1=O)C[C@H]1C[C@@H]2CN(Cc2cnn(C)c2)C1)CC1CCOCC1. The number of aromatic nitrogens is 3. The third-order valence-corrected chi connectivity index (χ3v) is 7.27. The average molecular weight is 426 g/mol. The minimum Gasteiger partial charge on any atom is -0.381 e. The highest BCUT2D eigenvalue weighted by atomic mass is 16.5. The normalized spacial score (nSPS) is 24.5. The first-order valence-electron chi connectivity index (χ1n) is 11.7. The molecule has 31 heavy (non-hydrogen) atoms. The standard InChI is InChI=1S/C24H35N5O2/c1-26(11-18-5-7-31-8-6-18)16-21-3-4-23-22-9-19(15-29(23)24(21)30)13-28(17-22)14-20-10-25-27(2)12-20/h3-4,10,12,18-19,22H,5-9,11,13-17H2,1-2H3/t19-,22+/m0/s1. The van der Waals surface area contributed by atoms with Crippen LogP contribution in [0.1, 0.15) is 42.0 Å². The summed E-state index contributed by atoms with van der Waals surface area (Å²) in [5, 5.41) is 4.31. The molecule has 2 aromatic heterocycles. The smallest absolute Gasteiger partial charge is 0.255 e. The van der Waals surface area contributed by atoms with E-state index in [9.17, 15) is 4.79 Å². The number of hydrogen-bond donors (Lipinski definition) is 0. The van der Waals surface area contributed by atoms with E-state index in [1.165, 1.54) is 17.7 Å². The highest BCUT2D eigenvalue weighted by Crippen LogP contribution is 2.35. The quantitative estimate of drug-likeness (QED) is 0.709. The molecule has 0 amide bonds. The molecule has 0 aliphatic carbocycles. The molecule has 0 aromatic carbocycles. The van der Waals surface area contributed by atoms with E-state index in [0.29, 0.717) is 17.8 Å². The minimum absolute atomic E-state index is 0.228. The van der Waals surface area contributed by atoms with E-state index in [1.54, 1.807) is 0 Å². The second-order valence-electron chi connectivity index (χ2n) is 9.97. The zero-order chi connectivity index (χ0) is 21.4. The Balaban J connectivity index is 1.27. The van der Waals surface area contributed by atoms with Gasteiger partial charge in [0.05, 0.1) is 6.20 Å². The van der Waals surface area contributed by atoms with Crippen LogP contribution in [-0.2, 0) is 31.4 Å². The van der Waals surface area contributed by atoms with Crippen molar-refractivity contribution in [2.24, 2.45) is 18.9 Å². The van der Waals surface area contributed by atoms with Crippen molar-refractivity contribution < 1.29 is 4.74 Å². The van der Waals surface area contributed by atoms with E-state index >= 15 is 0 Å². The van der Waals surface area contributed by atoms with Gasteiger partial charge in [-0.25, -0.2) is 0 Å². The summed E-state index contributed by atoms with van der Waals surface area (Å²) in [6.07, 6.45) is 7.53. The number of aryl methyl sites for hydroxylation is 1. The number of ether oxygens (including phenoxy) is 1. The Morgan fingerprint density at radius 3 is 2.81 bits per heavy atom. The molecule has 0 spiro atoms. The lowest BCUT2D eigenvalue weighted by atomic mass is 9.83. The number of hydrogen-bond acceptors (Lipinski definition) is 5. The van der Waals surface area contributed by atoms with Crippen molar-refractivity contribution in [3.63, 3.8) is 0 Å². The van der Waals surface area contributed by atoms with Gasteiger partial charge in [-0.2, -0.15) is 5.10 Å². The Labute approximate surface area is 184 Å². The van der Waals surface area contributed by atoms with Crippen molar-refractivity contribution in [1.29, 1.82) is 0 Å². The third kappa shape index (κ3) is 4.64. The molecule has 0 N–H and O–H groups in total. The fourth-order valence-electron chi connectivity index (χ4n) is 5.88. The topological polar surface area (TPSA) is 55.5 Å². The summed E-state index contributed by atoms with van der Waals surface area (Å²) >= 11 is 0. The molecule has 0 unspecified atom stereocenters. The van der Waals surface area contributed by atoms with E-state index in [2.05, 4.69) is 44.8 Å². The van der Waals surface area contributed by atoms with Crippen LogP contribution < -0.4 is 5.56 Å². The molecule has 0 saturated carbocycles. The summed E-state index contributed by atoms with van der Waals surface area (Å²) in [5.41, 5.74) is 3.66. The third-order valence-electron chi connectivity index (χ3n) is 7.27. The van der Waals surface area contributed by atoms with E-state index in [-0.39, 0.29) is 5.56 Å². The van der Waals surface area contributed by atoms with E-state index < -0.39 is 0 Å². The lowest BCUT2D eigenvalue weighted by Crippen LogP contribution is -2.47. The van der Waals surface area contributed by atoms with Crippen LogP contribution in [0.2, 0.25) is 0 Å². The molecule has 2 aromatic rings. The first-order valence-corrected chi connectivity index (χ1v) is 11.7. The van der Waals surface area contributed by atoms with Gasteiger partial charge in [-0.3, -0.25) is 14.4 Å². The molecule has 5 heterocycles. The number of piperidine rings is 1. The van der Waals surface area contributed by atoms with Crippen molar-refractivity contribution in [2.75, 3.05) is 39.9 Å². The minimum atomic E-state index is 0.228. The van der Waals surface area contributed by atoms with Crippen LogP contribution in [-0.4, -0.2) is 64.0 Å². The fourth-order valence-corrected chi connectivity index (χ4v) is 5.88. The van der Waals surface area contributed by atoms with Gasteiger partial charge in [0.1, 0.15) is 0 Å². The predicted octanol–water partition coefficient (Wildman–Crippen LogP) is 2.06. The van der Waals surface area contributed by atoms with Gasteiger partial charge in [-0.15, -0.1) is 0 Å². The number of fused-ring (bicyclic) bond motifs is 4. The Morgan fingerprint density at radius 1 is 1.19 bits per heavy atom. The van der Waals surface area contributed by atoms with E-state index in [4.69, 9.17) is 4.74 Å². The molecule has 2 atom stereocenters. The van der Waals surface area contributed by atoms with Crippen molar-refractivity contribution >= 4 is 0 Å². The fraction of sp³-hybridized carbons (Fsp3) is 0.667. The molecular formula is C24H35N5O2. The van der Waals surface area contributed by atoms with Crippen molar-refractivity contribution in [2.45, 2.75) is 44.8 Å². The largest absolute Gasteiger partial charge is 0.381 e. The molecular weight excluding hydrogens is 390 g/mol. The summed E-state index contributed by atoms with van der Waals surface area (Å²) in [6, 6.07) is 4.32.